The number of benzene rings is 2. The molecule has 0 aliphatic heterocycles. The summed E-state index contributed by atoms with van der Waals surface area (Å²) < 4.78 is 0. The smallest absolute Gasteiger partial charge is 0.0406 e. The predicted molar refractivity (Wildman–Crippen MR) is 90.5 cm³/mol. The van der Waals surface area contributed by atoms with Crippen LogP contribution in [-0.2, 0) is 13.1 Å². The summed E-state index contributed by atoms with van der Waals surface area (Å²) in [6.45, 7) is 4.06. The molecule has 2 aromatic rings. The lowest BCUT2D eigenvalue weighted by atomic mass is 10.1. The molecule has 0 aliphatic carbocycles. The van der Waals surface area contributed by atoms with Gasteiger partial charge in [0.25, 0.3) is 0 Å². The van der Waals surface area contributed by atoms with Crippen molar-refractivity contribution in [3.8, 4) is 0 Å². The first-order chi connectivity index (χ1) is 10.1. The van der Waals surface area contributed by atoms with E-state index in [0.717, 1.165) is 18.1 Å². The first kappa shape index (κ1) is 16.0. The molecule has 21 heavy (non-hydrogen) atoms. The minimum atomic E-state index is 0.357. The van der Waals surface area contributed by atoms with Crippen LogP contribution in [0.3, 0.4) is 0 Å². The van der Waals surface area contributed by atoms with Gasteiger partial charge in [0.15, 0.2) is 0 Å². The van der Waals surface area contributed by atoms with E-state index in [2.05, 4.69) is 60.6 Å². The Labute approximate surface area is 132 Å². The molecule has 1 unspecified atom stereocenters. The Hall–Kier alpha value is -1.35. The van der Waals surface area contributed by atoms with E-state index < -0.39 is 0 Å². The van der Waals surface area contributed by atoms with Crippen LogP contribution in [0.4, 0.5) is 0 Å². The SMILES string of the molecule is CNCc1cccc(CN(C)C(C)c2ccc(Cl)cc2)c1. The van der Waals surface area contributed by atoms with Crippen LogP contribution >= 0.6 is 11.6 Å². The Bertz CT molecular complexity index is 566. The fraction of sp³-hybridized carbons (Fsp3) is 0.333. The molecule has 0 fully saturated rings. The standard InChI is InChI=1S/C18H23ClN2/c1-14(17-7-9-18(19)10-8-17)21(3)13-16-6-4-5-15(11-16)12-20-2/h4-11,14,20H,12-13H2,1-3H3. The minimum Gasteiger partial charge on any atom is -0.316 e. The van der Waals surface area contributed by atoms with Crippen LogP contribution in [0, 0.1) is 0 Å². The van der Waals surface area contributed by atoms with Crippen LogP contribution in [-0.4, -0.2) is 19.0 Å². The zero-order chi connectivity index (χ0) is 15.2. The van der Waals surface area contributed by atoms with Crippen LogP contribution in [0.1, 0.15) is 29.7 Å². The van der Waals surface area contributed by atoms with Crippen molar-refractivity contribution in [2.75, 3.05) is 14.1 Å². The maximum Gasteiger partial charge on any atom is 0.0406 e. The van der Waals surface area contributed by atoms with Crippen LogP contribution in [0.5, 0.6) is 0 Å². The van der Waals surface area contributed by atoms with Gasteiger partial charge in [0.1, 0.15) is 0 Å². The summed E-state index contributed by atoms with van der Waals surface area (Å²) >= 11 is 5.95. The van der Waals surface area contributed by atoms with Gasteiger partial charge in [0, 0.05) is 24.2 Å². The van der Waals surface area contributed by atoms with Crippen molar-refractivity contribution in [2.45, 2.75) is 26.1 Å². The molecule has 2 aromatic carbocycles. The third-order valence-corrected chi connectivity index (χ3v) is 4.07. The van der Waals surface area contributed by atoms with E-state index in [1.807, 2.05) is 19.2 Å². The Morgan fingerprint density at radius 3 is 2.43 bits per heavy atom. The Morgan fingerprint density at radius 1 is 1.10 bits per heavy atom. The molecular weight excluding hydrogens is 280 g/mol. The maximum atomic E-state index is 5.95. The Kier molecular flexibility index (Phi) is 5.80. The third-order valence-electron chi connectivity index (χ3n) is 3.82. The lowest BCUT2D eigenvalue weighted by Gasteiger charge is -2.25. The average Bonchev–Trinajstić information content (AvgIpc) is 2.48. The Balaban J connectivity index is 2.04. The van der Waals surface area contributed by atoms with Gasteiger partial charge >= 0.3 is 0 Å². The monoisotopic (exact) mass is 302 g/mol. The average molecular weight is 303 g/mol. The number of rotatable bonds is 6. The summed E-state index contributed by atoms with van der Waals surface area (Å²) in [5.74, 6) is 0. The fourth-order valence-corrected chi connectivity index (χ4v) is 2.59. The highest BCUT2D eigenvalue weighted by Crippen LogP contribution is 2.22. The molecule has 0 heterocycles. The van der Waals surface area contributed by atoms with Gasteiger partial charge < -0.3 is 5.32 Å². The fourth-order valence-electron chi connectivity index (χ4n) is 2.46. The summed E-state index contributed by atoms with van der Waals surface area (Å²) in [5, 5.41) is 3.98. The number of hydrogen-bond donors (Lipinski definition) is 1. The molecule has 3 heteroatoms. The van der Waals surface area contributed by atoms with Crippen molar-refractivity contribution in [3.63, 3.8) is 0 Å². The maximum absolute atomic E-state index is 5.95. The van der Waals surface area contributed by atoms with Crippen LogP contribution in [0.15, 0.2) is 48.5 Å². The van der Waals surface area contributed by atoms with Crippen molar-refractivity contribution in [3.05, 3.63) is 70.2 Å². The predicted octanol–water partition coefficient (Wildman–Crippen LogP) is 4.25. The number of hydrogen-bond acceptors (Lipinski definition) is 2. The van der Waals surface area contributed by atoms with Gasteiger partial charge in [-0.2, -0.15) is 0 Å². The van der Waals surface area contributed by atoms with Crippen LogP contribution in [0.25, 0.3) is 0 Å². The zero-order valence-corrected chi connectivity index (χ0v) is 13.7. The molecule has 112 valence electrons. The first-order valence-electron chi connectivity index (χ1n) is 7.28. The topological polar surface area (TPSA) is 15.3 Å². The van der Waals surface area contributed by atoms with E-state index in [1.54, 1.807) is 0 Å². The molecule has 0 amide bonds. The molecule has 2 rings (SSSR count). The van der Waals surface area contributed by atoms with E-state index in [0.29, 0.717) is 6.04 Å². The number of halogens is 1. The van der Waals surface area contributed by atoms with Gasteiger partial charge in [-0.15, -0.1) is 0 Å². The van der Waals surface area contributed by atoms with Gasteiger partial charge in [0.05, 0.1) is 0 Å². The second kappa shape index (κ2) is 7.60. The van der Waals surface area contributed by atoms with Gasteiger partial charge in [-0.25, -0.2) is 0 Å². The summed E-state index contributed by atoms with van der Waals surface area (Å²) in [6, 6.07) is 17.2. The van der Waals surface area contributed by atoms with Crippen LogP contribution < -0.4 is 5.32 Å². The van der Waals surface area contributed by atoms with Crippen molar-refractivity contribution < 1.29 is 0 Å². The van der Waals surface area contributed by atoms with Crippen molar-refractivity contribution in [2.24, 2.45) is 0 Å². The van der Waals surface area contributed by atoms with Gasteiger partial charge in [-0.05, 0) is 49.8 Å². The van der Waals surface area contributed by atoms with Crippen molar-refractivity contribution in [1.82, 2.24) is 10.2 Å². The highest BCUT2D eigenvalue weighted by Gasteiger charge is 2.12. The molecule has 0 saturated heterocycles. The molecule has 0 aliphatic rings. The molecular formula is C18H23ClN2. The number of nitrogens with one attached hydrogen (secondary N) is 1. The van der Waals surface area contributed by atoms with E-state index in [9.17, 15) is 0 Å². The van der Waals surface area contributed by atoms with Crippen LogP contribution in [0.2, 0.25) is 5.02 Å². The van der Waals surface area contributed by atoms with E-state index in [4.69, 9.17) is 11.6 Å². The van der Waals surface area contributed by atoms with Gasteiger partial charge in [0.2, 0.25) is 0 Å². The van der Waals surface area contributed by atoms with E-state index in [1.165, 1.54) is 16.7 Å². The summed E-state index contributed by atoms with van der Waals surface area (Å²) in [4.78, 5) is 2.35. The van der Waals surface area contributed by atoms with E-state index >= 15 is 0 Å². The van der Waals surface area contributed by atoms with E-state index in [-0.39, 0.29) is 0 Å². The molecule has 0 spiro atoms. The largest absolute Gasteiger partial charge is 0.316 e. The quantitative estimate of drug-likeness (QED) is 0.858. The molecule has 2 nitrogen and oxygen atoms in total. The molecule has 0 saturated carbocycles. The zero-order valence-electron chi connectivity index (χ0n) is 12.9. The second-order valence-corrected chi connectivity index (χ2v) is 5.93. The lowest BCUT2D eigenvalue weighted by Crippen LogP contribution is -2.22. The highest BCUT2D eigenvalue weighted by molar-refractivity contribution is 6.30. The van der Waals surface area contributed by atoms with Gasteiger partial charge in [-0.1, -0.05) is 48.0 Å². The summed E-state index contributed by atoms with van der Waals surface area (Å²) in [5.41, 5.74) is 3.95. The minimum absolute atomic E-state index is 0.357. The van der Waals surface area contributed by atoms with Crippen molar-refractivity contribution in [1.29, 1.82) is 0 Å². The highest BCUT2D eigenvalue weighted by atomic mass is 35.5. The third kappa shape index (κ3) is 4.57. The molecule has 0 aromatic heterocycles. The first-order valence-corrected chi connectivity index (χ1v) is 7.66. The summed E-state index contributed by atoms with van der Waals surface area (Å²) in [6.07, 6.45) is 0. The van der Waals surface area contributed by atoms with Gasteiger partial charge in [-0.3, -0.25) is 4.90 Å². The second-order valence-electron chi connectivity index (χ2n) is 5.49. The Morgan fingerprint density at radius 2 is 1.76 bits per heavy atom. The number of nitrogens with zero attached hydrogens (tertiary/aromatic N) is 1. The molecule has 0 bridgehead atoms. The molecule has 1 N–H and O–H groups in total. The molecule has 1 atom stereocenters. The summed E-state index contributed by atoms with van der Waals surface area (Å²) in [7, 11) is 4.13. The van der Waals surface area contributed by atoms with Crippen molar-refractivity contribution >= 4 is 11.6 Å². The normalized spacial score (nSPS) is 12.6. The lowest BCUT2D eigenvalue weighted by molar-refractivity contribution is 0.253. The molecule has 0 radical (unpaired) electrons.